The lowest BCUT2D eigenvalue weighted by atomic mass is 10.2. The molecule has 0 bridgehead atoms. The maximum Gasteiger partial charge on any atom is 0.271 e. The zero-order valence-corrected chi connectivity index (χ0v) is 13.2. The van der Waals surface area contributed by atoms with Gasteiger partial charge in [-0.1, -0.05) is 31.4 Å². The summed E-state index contributed by atoms with van der Waals surface area (Å²) in [6.07, 6.45) is 6.21. The predicted molar refractivity (Wildman–Crippen MR) is 88.6 cm³/mol. The monoisotopic (exact) mass is 318 g/mol. The molecular weight excluding hydrogens is 300 g/mol. The summed E-state index contributed by atoms with van der Waals surface area (Å²) in [4.78, 5) is 20.2. The van der Waals surface area contributed by atoms with E-state index in [0.717, 1.165) is 24.9 Å². The van der Waals surface area contributed by atoms with Gasteiger partial charge >= 0.3 is 0 Å². The molecule has 2 rings (SSSR count). The maximum atomic E-state index is 11.9. The van der Waals surface area contributed by atoms with Crippen LogP contribution in [0.25, 0.3) is 0 Å². The van der Waals surface area contributed by atoms with Crippen molar-refractivity contribution in [3.05, 3.63) is 47.4 Å². The molecule has 2 aromatic rings. The summed E-state index contributed by atoms with van der Waals surface area (Å²) in [5.41, 5.74) is 1.17. The number of hydrogen-bond acceptors (Lipinski definition) is 4. The zero-order chi connectivity index (χ0) is 15.8. The highest BCUT2D eigenvalue weighted by Crippen LogP contribution is 2.16. The third-order valence-electron chi connectivity index (χ3n) is 3.07. The van der Waals surface area contributed by atoms with Crippen LogP contribution in [0.3, 0.4) is 0 Å². The van der Waals surface area contributed by atoms with Gasteiger partial charge in [0, 0.05) is 17.3 Å². The minimum absolute atomic E-state index is 0.193. The van der Waals surface area contributed by atoms with E-state index in [-0.39, 0.29) is 5.91 Å². The van der Waals surface area contributed by atoms with Gasteiger partial charge in [0.1, 0.15) is 11.5 Å². The third kappa shape index (κ3) is 5.00. The van der Waals surface area contributed by atoms with Crippen LogP contribution in [0.15, 0.2) is 36.7 Å². The van der Waals surface area contributed by atoms with Crippen molar-refractivity contribution in [1.29, 1.82) is 0 Å². The molecule has 1 aromatic carbocycles. The van der Waals surface area contributed by atoms with Crippen LogP contribution in [-0.4, -0.2) is 22.4 Å². The molecule has 0 unspecified atom stereocenters. The first-order valence-corrected chi connectivity index (χ1v) is 7.69. The van der Waals surface area contributed by atoms with Gasteiger partial charge in [-0.3, -0.25) is 4.79 Å². The Bertz CT molecular complexity index is 599. The van der Waals surface area contributed by atoms with E-state index in [9.17, 15) is 4.79 Å². The topological polar surface area (TPSA) is 66.9 Å². The van der Waals surface area contributed by atoms with Gasteiger partial charge in [0.15, 0.2) is 0 Å². The summed E-state index contributed by atoms with van der Waals surface area (Å²) in [6.45, 7) is 2.79. The lowest BCUT2D eigenvalue weighted by Gasteiger charge is -2.07. The quantitative estimate of drug-likeness (QED) is 0.762. The summed E-state index contributed by atoms with van der Waals surface area (Å²) in [6, 6.07) is 7.27. The number of hydrogen-bond donors (Lipinski definition) is 2. The molecule has 1 aromatic heterocycles. The summed E-state index contributed by atoms with van der Waals surface area (Å²) in [7, 11) is 0. The molecular formula is C16H19ClN4O. The van der Waals surface area contributed by atoms with Crippen molar-refractivity contribution in [3.8, 4) is 0 Å². The molecule has 116 valence electrons. The predicted octanol–water partition coefficient (Wildman–Crippen LogP) is 3.79. The number of nitrogens with one attached hydrogen (secondary N) is 2. The number of amides is 1. The number of anilines is 2. The number of unbranched alkanes of at least 4 members (excludes halogenated alkanes) is 2. The van der Waals surface area contributed by atoms with Crippen LogP contribution in [0.1, 0.15) is 36.7 Å². The summed E-state index contributed by atoms with van der Waals surface area (Å²) < 4.78 is 0. The lowest BCUT2D eigenvalue weighted by Crippen LogP contribution is -2.25. The molecule has 6 heteroatoms. The zero-order valence-electron chi connectivity index (χ0n) is 12.5. The number of carbonyl (C=O) groups is 1. The Hall–Kier alpha value is -2.14. The van der Waals surface area contributed by atoms with E-state index in [4.69, 9.17) is 11.6 Å². The number of halogens is 1. The summed E-state index contributed by atoms with van der Waals surface area (Å²) in [5.74, 6) is 0.381. The Kier molecular flexibility index (Phi) is 6.15. The van der Waals surface area contributed by atoms with Crippen LogP contribution in [0.2, 0.25) is 5.02 Å². The van der Waals surface area contributed by atoms with Crippen molar-refractivity contribution in [2.75, 3.05) is 11.9 Å². The average Bonchev–Trinajstić information content (AvgIpc) is 2.54. The summed E-state index contributed by atoms with van der Waals surface area (Å²) in [5, 5.41) is 6.60. The first kappa shape index (κ1) is 16.2. The number of nitrogens with zero attached hydrogens (tertiary/aromatic N) is 2. The van der Waals surface area contributed by atoms with Crippen molar-refractivity contribution in [3.63, 3.8) is 0 Å². The molecule has 0 aliphatic heterocycles. The molecule has 0 saturated heterocycles. The Balaban J connectivity index is 1.89. The standard InChI is InChI=1S/C16H19ClN4O/c1-2-3-4-9-18-16(22)14-10-20-15(11-19-14)21-13-7-5-12(17)6-8-13/h5-8,10-11H,2-4,9H2,1H3,(H,18,22)(H,20,21). The van der Waals surface area contributed by atoms with Gasteiger partial charge in [-0.15, -0.1) is 0 Å². The molecule has 0 saturated carbocycles. The molecule has 2 N–H and O–H groups in total. The average molecular weight is 319 g/mol. The molecule has 0 atom stereocenters. The van der Waals surface area contributed by atoms with Crippen molar-refractivity contribution in [1.82, 2.24) is 15.3 Å². The van der Waals surface area contributed by atoms with Crippen molar-refractivity contribution in [2.24, 2.45) is 0 Å². The van der Waals surface area contributed by atoms with Gasteiger partial charge in [-0.05, 0) is 30.7 Å². The van der Waals surface area contributed by atoms with E-state index >= 15 is 0 Å². The van der Waals surface area contributed by atoms with Gasteiger partial charge in [0.2, 0.25) is 0 Å². The van der Waals surface area contributed by atoms with Crippen LogP contribution >= 0.6 is 11.6 Å². The summed E-state index contributed by atoms with van der Waals surface area (Å²) >= 11 is 5.83. The van der Waals surface area contributed by atoms with E-state index in [1.165, 1.54) is 12.4 Å². The molecule has 0 aliphatic carbocycles. The Morgan fingerprint density at radius 2 is 1.91 bits per heavy atom. The van der Waals surface area contributed by atoms with Gasteiger partial charge in [-0.25, -0.2) is 9.97 Å². The molecule has 1 amide bonds. The second-order valence-electron chi connectivity index (χ2n) is 4.88. The fraction of sp³-hybridized carbons (Fsp3) is 0.312. The smallest absolute Gasteiger partial charge is 0.271 e. The number of aromatic nitrogens is 2. The number of carbonyl (C=O) groups excluding carboxylic acids is 1. The van der Waals surface area contributed by atoms with Crippen LogP contribution in [-0.2, 0) is 0 Å². The first-order valence-electron chi connectivity index (χ1n) is 7.32. The minimum atomic E-state index is -0.193. The van der Waals surface area contributed by atoms with E-state index in [1.54, 1.807) is 12.1 Å². The molecule has 0 aliphatic rings. The van der Waals surface area contributed by atoms with E-state index < -0.39 is 0 Å². The molecule has 5 nitrogen and oxygen atoms in total. The van der Waals surface area contributed by atoms with Crippen molar-refractivity contribution >= 4 is 29.0 Å². The highest BCUT2D eigenvalue weighted by Gasteiger charge is 2.07. The van der Waals surface area contributed by atoms with Crippen LogP contribution in [0.4, 0.5) is 11.5 Å². The Morgan fingerprint density at radius 1 is 1.14 bits per heavy atom. The minimum Gasteiger partial charge on any atom is -0.351 e. The van der Waals surface area contributed by atoms with E-state index in [2.05, 4.69) is 27.5 Å². The SMILES string of the molecule is CCCCCNC(=O)c1cnc(Nc2ccc(Cl)cc2)cn1. The van der Waals surface area contributed by atoms with Gasteiger partial charge in [0.05, 0.1) is 12.4 Å². The second-order valence-corrected chi connectivity index (χ2v) is 5.32. The largest absolute Gasteiger partial charge is 0.351 e. The van der Waals surface area contributed by atoms with Crippen LogP contribution < -0.4 is 10.6 Å². The fourth-order valence-electron chi connectivity index (χ4n) is 1.86. The van der Waals surface area contributed by atoms with Gasteiger partial charge < -0.3 is 10.6 Å². The van der Waals surface area contributed by atoms with Crippen LogP contribution in [0, 0.1) is 0 Å². The van der Waals surface area contributed by atoms with Crippen molar-refractivity contribution < 1.29 is 4.79 Å². The van der Waals surface area contributed by atoms with Crippen LogP contribution in [0.5, 0.6) is 0 Å². The Morgan fingerprint density at radius 3 is 2.55 bits per heavy atom. The highest BCUT2D eigenvalue weighted by atomic mass is 35.5. The van der Waals surface area contributed by atoms with Gasteiger partial charge in [-0.2, -0.15) is 0 Å². The Labute approximate surface area is 135 Å². The fourth-order valence-corrected chi connectivity index (χ4v) is 1.98. The lowest BCUT2D eigenvalue weighted by molar-refractivity contribution is 0.0947. The normalized spacial score (nSPS) is 10.3. The van der Waals surface area contributed by atoms with Crippen molar-refractivity contribution in [2.45, 2.75) is 26.2 Å². The highest BCUT2D eigenvalue weighted by molar-refractivity contribution is 6.30. The molecule has 0 radical (unpaired) electrons. The number of benzene rings is 1. The molecule has 0 spiro atoms. The first-order chi connectivity index (χ1) is 10.7. The number of rotatable bonds is 7. The van der Waals surface area contributed by atoms with E-state index in [0.29, 0.717) is 23.1 Å². The molecule has 22 heavy (non-hydrogen) atoms. The van der Waals surface area contributed by atoms with E-state index in [1.807, 2.05) is 12.1 Å². The maximum absolute atomic E-state index is 11.9. The molecule has 0 fully saturated rings. The van der Waals surface area contributed by atoms with Gasteiger partial charge in [0.25, 0.3) is 5.91 Å². The third-order valence-corrected chi connectivity index (χ3v) is 3.32. The molecule has 1 heterocycles. The second kappa shape index (κ2) is 8.34.